The van der Waals surface area contributed by atoms with Crippen molar-refractivity contribution in [3.63, 3.8) is 0 Å². The van der Waals surface area contributed by atoms with Crippen molar-refractivity contribution in [1.82, 2.24) is 5.32 Å². The summed E-state index contributed by atoms with van der Waals surface area (Å²) in [6.45, 7) is 6.97. The third-order valence-electron chi connectivity index (χ3n) is 4.27. The second-order valence-electron chi connectivity index (χ2n) is 5.54. The van der Waals surface area contributed by atoms with Crippen molar-refractivity contribution < 1.29 is 0 Å². The van der Waals surface area contributed by atoms with Crippen LogP contribution in [0.15, 0.2) is 0 Å². The highest BCUT2D eigenvalue weighted by Crippen LogP contribution is 2.26. The Morgan fingerprint density at radius 3 is 2.50 bits per heavy atom. The first-order chi connectivity index (χ1) is 7.80. The summed E-state index contributed by atoms with van der Waals surface area (Å²) >= 11 is 0. The minimum atomic E-state index is 0.771. The maximum Gasteiger partial charge on any atom is 0.00697 e. The van der Waals surface area contributed by atoms with E-state index in [4.69, 9.17) is 0 Å². The van der Waals surface area contributed by atoms with Gasteiger partial charge >= 0.3 is 0 Å². The molecule has 0 aromatic heterocycles. The monoisotopic (exact) mass is 225 g/mol. The van der Waals surface area contributed by atoms with Crippen LogP contribution in [-0.4, -0.2) is 12.1 Å². The second-order valence-corrected chi connectivity index (χ2v) is 5.54. The lowest BCUT2D eigenvalue weighted by molar-refractivity contribution is 0.362. The standard InChI is InChI=1S/C15H31N/c1-4-8-14(6-3)16-15-10-7-9-13(5-2)11-12-15/h13-16H,4-12H2,1-3H3. The molecule has 1 saturated carbocycles. The van der Waals surface area contributed by atoms with E-state index >= 15 is 0 Å². The van der Waals surface area contributed by atoms with Crippen LogP contribution in [0.1, 0.15) is 78.6 Å². The molecular weight excluding hydrogens is 194 g/mol. The first-order valence-electron chi connectivity index (χ1n) is 7.56. The summed E-state index contributed by atoms with van der Waals surface area (Å²) in [7, 11) is 0. The van der Waals surface area contributed by atoms with Crippen molar-refractivity contribution in [3.05, 3.63) is 0 Å². The minimum Gasteiger partial charge on any atom is -0.311 e. The van der Waals surface area contributed by atoms with Crippen molar-refractivity contribution in [1.29, 1.82) is 0 Å². The third-order valence-corrected chi connectivity index (χ3v) is 4.27. The zero-order valence-corrected chi connectivity index (χ0v) is 11.6. The summed E-state index contributed by atoms with van der Waals surface area (Å²) in [5.74, 6) is 1.01. The topological polar surface area (TPSA) is 12.0 Å². The van der Waals surface area contributed by atoms with Gasteiger partial charge < -0.3 is 5.32 Å². The molecule has 1 rings (SSSR count). The molecular formula is C15H31N. The fourth-order valence-corrected chi connectivity index (χ4v) is 3.04. The highest BCUT2D eigenvalue weighted by atomic mass is 14.9. The van der Waals surface area contributed by atoms with Gasteiger partial charge in [0.2, 0.25) is 0 Å². The molecule has 96 valence electrons. The van der Waals surface area contributed by atoms with Crippen LogP contribution in [0.3, 0.4) is 0 Å². The molecule has 0 radical (unpaired) electrons. The lowest BCUT2D eigenvalue weighted by atomic mass is 9.97. The first kappa shape index (κ1) is 14.0. The highest BCUT2D eigenvalue weighted by Gasteiger charge is 2.19. The summed E-state index contributed by atoms with van der Waals surface area (Å²) in [6.07, 6.45) is 12.5. The van der Waals surface area contributed by atoms with Crippen LogP contribution in [0.2, 0.25) is 0 Å². The molecule has 0 aromatic rings. The van der Waals surface area contributed by atoms with Crippen LogP contribution in [0.4, 0.5) is 0 Å². The van der Waals surface area contributed by atoms with E-state index in [1.165, 1.54) is 57.8 Å². The van der Waals surface area contributed by atoms with E-state index in [-0.39, 0.29) is 0 Å². The summed E-state index contributed by atoms with van der Waals surface area (Å²) in [5, 5.41) is 3.89. The van der Waals surface area contributed by atoms with Gasteiger partial charge in [0.05, 0.1) is 0 Å². The van der Waals surface area contributed by atoms with Crippen molar-refractivity contribution in [3.8, 4) is 0 Å². The molecule has 0 saturated heterocycles. The van der Waals surface area contributed by atoms with Gasteiger partial charge in [0, 0.05) is 12.1 Å². The maximum absolute atomic E-state index is 3.89. The molecule has 1 aliphatic carbocycles. The Morgan fingerprint density at radius 1 is 1.06 bits per heavy atom. The molecule has 1 nitrogen and oxygen atoms in total. The Morgan fingerprint density at radius 2 is 1.88 bits per heavy atom. The zero-order chi connectivity index (χ0) is 11.8. The molecule has 0 aromatic carbocycles. The van der Waals surface area contributed by atoms with Crippen molar-refractivity contribution in [2.75, 3.05) is 0 Å². The molecule has 1 aliphatic rings. The van der Waals surface area contributed by atoms with Crippen LogP contribution in [0.5, 0.6) is 0 Å². The molecule has 1 fully saturated rings. The lowest BCUT2D eigenvalue weighted by Crippen LogP contribution is -2.37. The fraction of sp³-hybridized carbons (Fsp3) is 1.00. The molecule has 1 N–H and O–H groups in total. The zero-order valence-electron chi connectivity index (χ0n) is 11.6. The lowest BCUT2D eigenvalue weighted by Gasteiger charge is -2.24. The fourth-order valence-electron chi connectivity index (χ4n) is 3.04. The van der Waals surface area contributed by atoms with E-state index in [1.807, 2.05) is 0 Å². The maximum atomic E-state index is 3.89. The molecule has 0 spiro atoms. The van der Waals surface area contributed by atoms with Crippen LogP contribution in [0, 0.1) is 5.92 Å². The average Bonchev–Trinajstić information content (AvgIpc) is 2.53. The summed E-state index contributed by atoms with van der Waals surface area (Å²) in [6, 6.07) is 1.58. The largest absolute Gasteiger partial charge is 0.311 e. The Bertz CT molecular complexity index is 167. The molecule has 0 bridgehead atoms. The molecule has 3 unspecified atom stereocenters. The van der Waals surface area contributed by atoms with Crippen LogP contribution in [0.25, 0.3) is 0 Å². The second kappa shape index (κ2) is 8.11. The molecule has 1 heteroatoms. The average molecular weight is 225 g/mol. The Labute approximate surface area is 102 Å². The van der Waals surface area contributed by atoms with Gasteiger partial charge in [-0.15, -0.1) is 0 Å². The molecule has 3 atom stereocenters. The Hall–Kier alpha value is -0.0400. The third kappa shape index (κ3) is 4.86. The van der Waals surface area contributed by atoms with Crippen LogP contribution in [-0.2, 0) is 0 Å². The van der Waals surface area contributed by atoms with Gasteiger partial charge in [0.15, 0.2) is 0 Å². The predicted molar refractivity (Wildman–Crippen MR) is 72.8 cm³/mol. The van der Waals surface area contributed by atoms with Gasteiger partial charge in [0.25, 0.3) is 0 Å². The Kier molecular flexibility index (Phi) is 7.11. The van der Waals surface area contributed by atoms with Crippen LogP contribution < -0.4 is 5.32 Å². The van der Waals surface area contributed by atoms with E-state index in [1.54, 1.807) is 0 Å². The summed E-state index contributed by atoms with van der Waals surface area (Å²) < 4.78 is 0. The summed E-state index contributed by atoms with van der Waals surface area (Å²) in [5.41, 5.74) is 0. The van der Waals surface area contributed by atoms with E-state index in [9.17, 15) is 0 Å². The quantitative estimate of drug-likeness (QED) is 0.656. The van der Waals surface area contributed by atoms with Gasteiger partial charge in [-0.3, -0.25) is 0 Å². The van der Waals surface area contributed by atoms with E-state index < -0.39 is 0 Å². The van der Waals surface area contributed by atoms with E-state index in [2.05, 4.69) is 26.1 Å². The Balaban J connectivity index is 2.30. The molecule has 16 heavy (non-hydrogen) atoms. The normalized spacial score (nSPS) is 28.7. The molecule has 0 heterocycles. The smallest absolute Gasteiger partial charge is 0.00697 e. The van der Waals surface area contributed by atoms with Crippen molar-refractivity contribution in [2.24, 2.45) is 5.92 Å². The molecule has 0 amide bonds. The van der Waals surface area contributed by atoms with E-state index in [0.717, 1.165) is 18.0 Å². The van der Waals surface area contributed by atoms with Crippen LogP contribution >= 0.6 is 0 Å². The first-order valence-corrected chi connectivity index (χ1v) is 7.56. The van der Waals surface area contributed by atoms with Crippen molar-refractivity contribution in [2.45, 2.75) is 90.6 Å². The van der Waals surface area contributed by atoms with Gasteiger partial charge in [-0.1, -0.05) is 46.5 Å². The minimum absolute atomic E-state index is 0.771. The van der Waals surface area contributed by atoms with Gasteiger partial charge in [-0.25, -0.2) is 0 Å². The van der Waals surface area contributed by atoms with Gasteiger partial charge in [-0.05, 0) is 38.0 Å². The number of rotatable bonds is 6. The SMILES string of the molecule is CCCC(CC)NC1CCCC(CC)CC1. The predicted octanol–water partition coefficient (Wildman–Crippen LogP) is 4.51. The molecule has 0 aliphatic heterocycles. The number of hydrogen-bond donors (Lipinski definition) is 1. The van der Waals surface area contributed by atoms with Gasteiger partial charge in [-0.2, -0.15) is 0 Å². The van der Waals surface area contributed by atoms with Gasteiger partial charge in [0.1, 0.15) is 0 Å². The van der Waals surface area contributed by atoms with E-state index in [0.29, 0.717) is 0 Å². The van der Waals surface area contributed by atoms with Crippen molar-refractivity contribution >= 4 is 0 Å². The summed E-state index contributed by atoms with van der Waals surface area (Å²) in [4.78, 5) is 0. The number of nitrogens with one attached hydrogen (secondary N) is 1. The number of hydrogen-bond acceptors (Lipinski definition) is 1. The highest BCUT2D eigenvalue weighted by molar-refractivity contribution is 4.78.